The molecule has 0 radical (unpaired) electrons. The molecular weight excluding hydrogens is 491 g/mol. The molecule has 2 N–H and O–H groups in total. The standard InChI is InChI=1S/C27H33FN4O4Si/c1-17-25(37(3,4)28)24(36-27(17)21-14-19(35-2)10-11-22(21)29-26(27)34)12-13-32-15-23(30-31-32)20(16-33)18-8-6-5-7-9-18/h5-11,14-15,17,20,24-25,33H,12-13,16H2,1-4H3,(H,29,34)/t17-,20?,24+,25-,27+/m0/s1. The van der Waals surface area contributed by atoms with Crippen molar-refractivity contribution in [3.63, 3.8) is 0 Å². The summed E-state index contributed by atoms with van der Waals surface area (Å²) in [5.41, 5.74) is 1.34. The van der Waals surface area contributed by atoms with Crippen LogP contribution in [0.4, 0.5) is 9.80 Å². The number of carbonyl (C=O) groups is 1. The predicted octanol–water partition coefficient (Wildman–Crippen LogP) is 4.23. The van der Waals surface area contributed by atoms with E-state index in [0.29, 0.717) is 35.7 Å². The molecule has 1 aromatic heterocycles. The Labute approximate surface area is 217 Å². The Morgan fingerprint density at radius 2 is 2.03 bits per heavy atom. The maximum absolute atomic E-state index is 15.8. The number of fused-ring (bicyclic) bond motifs is 2. The number of nitrogens with zero attached hydrogens (tertiary/aromatic N) is 3. The number of benzene rings is 2. The molecule has 37 heavy (non-hydrogen) atoms. The molecule has 2 aromatic carbocycles. The second-order valence-corrected chi connectivity index (χ2v) is 14.3. The lowest BCUT2D eigenvalue weighted by molar-refractivity contribution is -0.143. The second kappa shape index (κ2) is 9.66. The number of ether oxygens (including phenoxy) is 2. The largest absolute Gasteiger partial charge is 0.497 e. The molecule has 5 rings (SSSR count). The maximum atomic E-state index is 15.8. The van der Waals surface area contributed by atoms with Crippen molar-refractivity contribution in [2.75, 3.05) is 19.0 Å². The number of aromatic nitrogens is 3. The molecule has 3 heterocycles. The topological polar surface area (TPSA) is 98.5 Å². The summed E-state index contributed by atoms with van der Waals surface area (Å²) in [6, 6.07) is 15.1. The highest BCUT2D eigenvalue weighted by Crippen LogP contribution is 2.59. The van der Waals surface area contributed by atoms with Crippen LogP contribution in [0.5, 0.6) is 5.75 Å². The predicted molar refractivity (Wildman–Crippen MR) is 140 cm³/mol. The monoisotopic (exact) mass is 524 g/mol. The fraction of sp³-hybridized carbons (Fsp3) is 0.444. The number of hydrogen-bond acceptors (Lipinski definition) is 6. The molecule has 2 aliphatic rings. The van der Waals surface area contributed by atoms with E-state index in [-0.39, 0.29) is 24.3 Å². The third kappa shape index (κ3) is 4.36. The van der Waals surface area contributed by atoms with Gasteiger partial charge in [-0.05, 0) is 43.3 Å². The average Bonchev–Trinajstić information content (AvgIpc) is 3.54. The number of nitrogens with one attached hydrogen (secondary N) is 1. The molecule has 2 aliphatic heterocycles. The number of halogens is 1. The lowest BCUT2D eigenvalue weighted by Gasteiger charge is -2.30. The van der Waals surface area contributed by atoms with Gasteiger partial charge < -0.3 is 24.0 Å². The molecule has 196 valence electrons. The van der Waals surface area contributed by atoms with E-state index >= 15 is 4.11 Å². The van der Waals surface area contributed by atoms with E-state index in [1.54, 1.807) is 37.0 Å². The molecule has 3 aromatic rings. The summed E-state index contributed by atoms with van der Waals surface area (Å²) in [5.74, 6) is -0.278. The number of aliphatic hydroxyl groups is 1. The van der Waals surface area contributed by atoms with Gasteiger partial charge >= 0.3 is 0 Å². The Bertz CT molecular complexity index is 1280. The summed E-state index contributed by atoms with van der Waals surface area (Å²) >= 11 is 0. The van der Waals surface area contributed by atoms with Gasteiger partial charge in [0.2, 0.25) is 8.41 Å². The summed E-state index contributed by atoms with van der Waals surface area (Å²) in [5, 5.41) is 21.5. The SMILES string of the molecule is COc1ccc2c(c1)[C@@]1(O[C@H](CCn3cc(C(CO)c4ccccc4)nn3)[C@@H]([Si](C)(C)F)[C@@H]1C)C(=O)N2. The zero-order valence-corrected chi connectivity index (χ0v) is 22.5. The van der Waals surface area contributed by atoms with Crippen molar-refractivity contribution >= 4 is 20.0 Å². The zero-order valence-electron chi connectivity index (χ0n) is 21.5. The summed E-state index contributed by atoms with van der Waals surface area (Å²) in [6.07, 6.45) is 1.82. The number of rotatable bonds is 8. The van der Waals surface area contributed by atoms with Crippen LogP contribution in [0.1, 0.15) is 36.1 Å². The van der Waals surface area contributed by atoms with Crippen molar-refractivity contribution in [3.8, 4) is 5.75 Å². The Balaban J connectivity index is 1.40. The molecule has 0 aliphatic carbocycles. The summed E-state index contributed by atoms with van der Waals surface area (Å²) in [6.45, 7) is 5.65. The Morgan fingerprint density at radius 1 is 1.27 bits per heavy atom. The van der Waals surface area contributed by atoms with Crippen LogP contribution < -0.4 is 10.1 Å². The molecule has 1 fully saturated rings. The Hall–Kier alpha value is -3.08. The van der Waals surface area contributed by atoms with Crippen molar-refractivity contribution in [1.82, 2.24) is 15.0 Å². The fourth-order valence-electron chi connectivity index (χ4n) is 6.14. The molecule has 1 saturated heterocycles. The average molecular weight is 525 g/mol. The lowest BCUT2D eigenvalue weighted by Crippen LogP contribution is -2.41. The van der Waals surface area contributed by atoms with Crippen LogP contribution in [0.15, 0.2) is 54.7 Å². The van der Waals surface area contributed by atoms with Crippen LogP contribution in [-0.2, 0) is 21.7 Å². The van der Waals surface area contributed by atoms with Gasteiger partial charge in [0.05, 0.1) is 31.4 Å². The first-order valence-corrected chi connectivity index (χ1v) is 15.6. The number of aryl methyl sites for hydroxylation is 1. The molecule has 1 unspecified atom stereocenters. The van der Waals surface area contributed by atoms with Gasteiger partial charge in [0.15, 0.2) is 5.60 Å². The van der Waals surface area contributed by atoms with Gasteiger partial charge in [-0.25, -0.2) is 0 Å². The van der Waals surface area contributed by atoms with Crippen molar-refractivity contribution in [1.29, 1.82) is 0 Å². The quantitative estimate of drug-likeness (QED) is 0.338. The number of anilines is 1. The van der Waals surface area contributed by atoms with Gasteiger partial charge in [-0.15, -0.1) is 5.10 Å². The second-order valence-electron chi connectivity index (χ2n) is 10.5. The number of aliphatic hydroxyl groups excluding tert-OH is 1. The van der Waals surface area contributed by atoms with E-state index in [1.165, 1.54) is 0 Å². The highest BCUT2D eigenvalue weighted by atomic mass is 28.4. The first kappa shape index (κ1) is 25.6. The lowest BCUT2D eigenvalue weighted by atomic mass is 9.82. The first-order chi connectivity index (χ1) is 17.7. The smallest absolute Gasteiger partial charge is 0.261 e. The van der Waals surface area contributed by atoms with Crippen LogP contribution in [0.25, 0.3) is 0 Å². The number of hydrogen-bond donors (Lipinski definition) is 2. The molecule has 0 bridgehead atoms. The third-order valence-electron chi connectivity index (χ3n) is 7.86. The highest BCUT2D eigenvalue weighted by Gasteiger charge is 2.65. The number of methoxy groups -OCH3 is 1. The van der Waals surface area contributed by atoms with E-state index in [9.17, 15) is 9.90 Å². The molecular formula is C27H33FN4O4Si. The maximum Gasteiger partial charge on any atom is 0.261 e. The Morgan fingerprint density at radius 3 is 2.70 bits per heavy atom. The minimum atomic E-state index is -3.23. The molecule has 8 nitrogen and oxygen atoms in total. The number of carbonyl (C=O) groups excluding carboxylic acids is 1. The summed E-state index contributed by atoms with van der Waals surface area (Å²) in [7, 11) is -1.66. The molecule has 10 heteroatoms. The van der Waals surface area contributed by atoms with Crippen LogP contribution in [0.2, 0.25) is 18.6 Å². The van der Waals surface area contributed by atoms with Gasteiger partial charge in [0, 0.05) is 35.5 Å². The van der Waals surface area contributed by atoms with Crippen molar-refractivity contribution < 1.29 is 23.5 Å². The molecule has 0 saturated carbocycles. The van der Waals surface area contributed by atoms with Crippen LogP contribution in [-0.4, -0.2) is 54.2 Å². The van der Waals surface area contributed by atoms with E-state index in [0.717, 1.165) is 5.56 Å². The van der Waals surface area contributed by atoms with Gasteiger partial charge in [-0.3, -0.25) is 9.48 Å². The zero-order chi connectivity index (χ0) is 26.4. The van der Waals surface area contributed by atoms with Crippen LogP contribution in [0.3, 0.4) is 0 Å². The fourth-order valence-corrected chi connectivity index (χ4v) is 8.68. The highest BCUT2D eigenvalue weighted by molar-refractivity contribution is 6.72. The van der Waals surface area contributed by atoms with E-state index in [2.05, 4.69) is 15.6 Å². The van der Waals surface area contributed by atoms with E-state index in [4.69, 9.17) is 9.47 Å². The van der Waals surface area contributed by atoms with Gasteiger partial charge in [-0.2, -0.15) is 0 Å². The van der Waals surface area contributed by atoms with Crippen molar-refractivity contribution in [2.24, 2.45) is 5.92 Å². The third-order valence-corrected chi connectivity index (χ3v) is 10.3. The summed E-state index contributed by atoms with van der Waals surface area (Å²) < 4.78 is 29.5. The molecule has 5 atom stereocenters. The van der Waals surface area contributed by atoms with Crippen LogP contribution >= 0.6 is 0 Å². The Kier molecular flexibility index (Phi) is 6.67. The van der Waals surface area contributed by atoms with E-state index < -0.39 is 25.7 Å². The minimum absolute atomic E-state index is 0.0871. The van der Waals surface area contributed by atoms with Crippen LogP contribution in [0, 0.1) is 5.92 Å². The van der Waals surface area contributed by atoms with Gasteiger partial charge in [-0.1, -0.05) is 42.5 Å². The first-order valence-electron chi connectivity index (χ1n) is 12.6. The molecule has 1 spiro atoms. The van der Waals surface area contributed by atoms with Crippen molar-refractivity contribution in [3.05, 3.63) is 71.5 Å². The normalized spacial score (nSPS) is 25.8. The summed E-state index contributed by atoms with van der Waals surface area (Å²) in [4.78, 5) is 13.4. The van der Waals surface area contributed by atoms with Gasteiger partial charge in [0.1, 0.15) is 5.75 Å². The molecule has 1 amide bonds. The number of amides is 1. The minimum Gasteiger partial charge on any atom is -0.497 e. The van der Waals surface area contributed by atoms with Crippen molar-refractivity contribution in [2.45, 2.75) is 56.1 Å². The van der Waals surface area contributed by atoms with E-state index in [1.807, 2.05) is 49.5 Å². The van der Waals surface area contributed by atoms with Gasteiger partial charge in [0.25, 0.3) is 5.91 Å².